The van der Waals surface area contributed by atoms with Crippen LogP contribution in [0.15, 0.2) is 54.9 Å². The maximum absolute atomic E-state index is 12.2. The van der Waals surface area contributed by atoms with Crippen molar-refractivity contribution in [1.82, 2.24) is 25.5 Å². The monoisotopic (exact) mass is 348 g/mol. The molecule has 132 valence electrons. The molecule has 1 fully saturated rings. The van der Waals surface area contributed by atoms with Crippen molar-refractivity contribution in [1.29, 1.82) is 0 Å². The van der Waals surface area contributed by atoms with Crippen LogP contribution in [0, 0.1) is 0 Å². The van der Waals surface area contributed by atoms with Crippen molar-refractivity contribution in [2.45, 2.75) is 25.4 Å². The van der Waals surface area contributed by atoms with E-state index < -0.39 is 0 Å². The van der Waals surface area contributed by atoms with Crippen molar-refractivity contribution in [2.75, 3.05) is 11.4 Å². The highest BCUT2D eigenvalue weighted by Crippen LogP contribution is 2.25. The lowest BCUT2D eigenvalue weighted by Crippen LogP contribution is -2.37. The second-order valence-electron chi connectivity index (χ2n) is 6.48. The Hall–Kier alpha value is -3.22. The molecule has 0 spiro atoms. The minimum Gasteiger partial charge on any atom is -0.352 e. The van der Waals surface area contributed by atoms with E-state index in [2.05, 4.69) is 32.3 Å². The number of hydrogen-bond donors (Lipinski definition) is 2. The van der Waals surface area contributed by atoms with Crippen molar-refractivity contribution in [2.24, 2.45) is 0 Å². The quantitative estimate of drug-likeness (QED) is 0.755. The van der Waals surface area contributed by atoms with Gasteiger partial charge in [0.1, 0.15) is 11.5 Å². The summed E-state index contributed by atoms with van der Waals surface area (Å²) in [5.41, 5.74) is 1.47. The Labute approximate surface area is 151 Å². The first-order valence-corrected chi connectivity index (χ1v) is 8.66. The standard InChI is InChI=1S/C19H20N6O/c1-13-11-15(22-19(26)16-7-10-21-24-16)12-25(13)17-8-9-20-18(23-17)14-5-3-2-4-6-14/h2-10,13,15H,11-12H2,1H3,(H,21,24)(H,22,26). The zero-order valence-electron chi connectivity index (χ0n) is 14.5. The summed E-state index contributed by atoms with van der Waals surface area (Å²) in [6.45, 7) is 2.86. The van der Waals surface area contributed by atoms with Crippen LogP contribution in [0.1, 0.15) is 23.8 Å². The Bertz CT molecular complexity index is 880. The zero-order valence-corrected chi connectivity index (χ0v) is 14.5. The smallest absolute Gasteiger partial charge is 0.269 e. The van der Waals surface area contributed by atoms with Gasteiger partial charge in [0.25, 0.3) is 5.91 Å². The average molecular weight is 348 g/mol. The van der Waals surface area contributed by atoms with Crippen molar-refractivity contribution in [3.8, 4) is 11.4 Å². The highest BCUT2D eigenvalue weighted by Gasteiger charge is 2.31. The number of H-pyrrole nitrogens is 1. The van der Waals surface area contributed by atoms with Gasteiger partial charge in [-0.2, -0.15) is 5.10 Å². The van der Waals surface area contributed by atoms with Crippen molar-refractivity contribution in [3.05, 3.63) is 60.6 Å². The molecule has 0 aliphatic carbocycles. The van der Waals surface area contributed by atoms with Gasteiger partial charge in [-0.1, -0.05) is 30.3 Å². The largest absolute Gasteiger partial charge is 0.352 e. The fourth-order valence-corrected chi connectivity index (χ4v) is 3.34. The molecular weight excluding hydrogens is 328 g/mol. The van der Waals surface area contributed by atoms with Crippen LogP contribution in [0.5, 0.6) is 0 Å². The predicted molar refractivity (Wildman–Crippen MR) is 98.7 cm³/mol. The van der Waals surface area contributed by atoms with Crippen LogP contribution in [-0.2, 0) is 0 Å². The molecule has 7 heteroatoms. The van der Waals surface area contributed by atoms with Crippen molar-refractivity contribution in [3.63, 3.8) is 0 Å². The van der Waals surface area contributed by atoms with E-state index in [0.717, 1.165) is 17.8 Å². The van der Waals surface area contributed by atoms with Gasteiger partial charge in [-0.15, -0.1) is 0 Å². The van der Waals surface area contributed by atoms with Gasteiger partial charge in [-0.25, -0.2) is 9.97 Å². The summed E-state index contributed by atoms with van der Waals surface area (Å²) >= 11 is 0. The molecule has 1 amide bonds. The Morgan fingerprint density at radius 3 is 2.81 bits per heavy atom. The van der Waals surface area contributed by atoms with E-state index in [4.69, 9.17) is 4.98 Å². The van der Waals surface area contributed by atoms with Crippen molar-refractivity contribution >= 4 is 11.7 Å². The number of carbonyl (C=O) groups is 1. The molecule has 1 aliphatic heterocycles. The molecule has 0 bridgehead atoms. The van der Waals surface area contributed by atoms with Gasteiger partial charge in [0.2, 0.25) is 0 Å². The van der Waals surface area contributed by atoms with Crippen LogP contribution in [0.4, 0.5) is 5.82 Å². The molecule has 0 radical (unpaired) electrons. The summed E-state index contributed by atoms with van der Waals surface area (Å²) in [4.78, 5) is 23.6. The van der Waals surface area contributed by atoms with Crippen LogP contribution in [0.2, 0.25) is 0 Å². The Morgan fingerprint density at radius 2 is 2.04 bits per heavy atom. The number of nitrogens with one attached hydrogen (secondary N) is 2. The molecule has 2 unspecified atom stereocenters. The number of nitrogens with zero attached hydrogens (tertiary/aromatic N) is 4. The number of carbonyl (C=O) groups excluding carboxylic acids is 1. The molecular formula is C19H20N6O. The van der Waals surface area contributed by atoms with Gasteiger partial charge in [0.15, 0.2) is 5.82 Å². The van der Waals surface area contributed by atoms with E-state index in [9.17, 15) is 4.79 Å². The van der Waals surface area contributed by atoms with Crippen LogP contribution >= 0.6 is 0 Å². The van der Waals surface area contributed by atoms with Crippen LogP contribution < -0.4 is 10.2 Å². The predicted octanol–water partition coefficient (Wildman–Crippen LogP) is 2.26. The average Bonchev–Trinajstić information content (AvgIpc) is 3.33. The lowest BCUT2D eigenvalue weighted by Gasteiger charge is -2.22. The van der Waals surface area contributed by atoms with Gasteiger partial charge in [-0.05, 0) is 25.5 Å². The number of anilines is 1. The summed E-state index contributed by atoms with van der Waals surface area (Å²) in [7, 11) is 0. The lowest BCUT2D eigenvalue weighted by atomic mass is 10.2. The van der Waals surface area contributed by atoms with E-state index in [1.807, 2.05) is 36.4 Å². The van der Waals surface area contributed by atoms with Crippen molar-refractivity contribution < 1.29 is 4.79 Å². The van der Waals surface area contributed by atoms with E-state index in [1.165, 1.54) is 0 Å². The first-order chi connectivity index (χ1) is 12.7. The minimum absolute atomic E-state index is 0.0657. The first-order valence-electron chi connectivity index (χ1n) is 8.66. The molecule has 1 saturated heterocycles. The third kappa shape index (κ3) is 3.28. The summed E-state index contributed by atoms with van der Waals surface area (Å²) in [5, 5.41) is 9.58. The summed E-state index contributed by atoms with van der Waals surface area (Å²) < 4.78 is 0. The molecule has 7 nitrogen and oxygen atoms in total. The third-order valence-corrected chi connectivity index (χ3v) is 4.62. The Kier molecular flexibility index (Phi) is 4.35. The maximum atomic E-state index is 12.2. The third-order valence-electron chi connectivity index (χ3n) is 4.62. The van der Waals surface area contributed by atoms with Crippen LogP contribution in [-0.4, -0.2) is 44.7 Å². The second-order valence-corrected chi connectivity index (χ2v) is 6.48. The molecule has 1 aliphatic rings. The Balaban J connectivity index is 1.49. The molecule has 1 aromatic carbocycles. The van der Waals surface area contributed by atoms with Gasteiger partial charge >= 0.3 is 0 Å². The second kappa shape index (κ2) is 6.95. The lowest BCUT2D eigenvalue weighted by molar-refractivity contribution is 0.0935. The fraction of sp³-hybridized carbons (Fsp3) is 0.263. The summed E-state index contributed by atoms with van der Waals surface area (Å²) in [6, 6.07) is 13.9. The van der Waals surface area contributed by atoms with Gasteiger partial charge in [-0.3, -0.25) is 9.89 Å². The van der Waals surface area contributed by atoms with E-state index >= 15 is 0 Å². The molecule has 3 aromatic rings. The molecule has 0 saturated carbocycles. The summed E-state index contributed by atoms with van der Waals surface area (Å²) in [6.07, 6.45) is 4.23. The van der Waals surface area contributed by atoms with Gasteiger partial charge < -0.3 is 10.2 Å². The SMILES string of the molecule is CC1CC(NC(=O)c2ccn[nH]2)CN1c1ccnc(-c2ccccc2)n1. The highest BCUT2D eigenvalue weighted by molar-refractivity contribution is 5.92. The molecule has 3 heterocycles. The number of hydrogen-bond acceptors (Lipinski definition) is 5. The summed E-state index contributed by atoms with van der Waals surface area (Å²) in [5.74, 6) is 1.46. The number of amides is 1. The normalized spacial score (nSPS) is 19.5. The first kappa shape index (κ1) is 16.3. The Morgan fingerprint density at radius 1 is 1.19 bits per heavy atom. The van der Waals surface area contributed by atoms with Crippen LogP contribution in [0.3, 0.4) is 0 Å². The zero-order chi connectivity index (χ0) is 17.9. The van der Waals surface area contributed by atoms with E-state index in [1.54, 1.807) is 18.5 Å². The minimum atomic E-state index is -0.130. The highest BCUT2D eigenvalue weighted by atomic mass is 16.2. The van der Waals surface area contributed by atoms with Gasteiger partial charge in [0, 0.05) is 36.6 Å². The number of rotatable bonds is 4. The number of aromatic amines is 1. The van der Waals surface area contributed by atoms with E-state index in [0.29, 0.717) is 18.1 Å². The van der Waals surface area contributed by atoms with E-state index in [-0.39, 0.29) is 18.0 Å². The molecule has 2 N–H and O–H groups in total. The number of aromatic nitrogens is 4. The molecule has 4 rings (SSSR count). The topological polar surface area (TPSA) is 86.8 Å². The van der Waals surface area contributed by atoms with Gasteiger partial charge in [0.05, 0.1) is 0 Å². The fourth-order valence-electron chi connectivity index (χ4n) is 3.34. The molecule has 26 heavy (non-hydrogen) atoms. The maximum Gasteiger partial charge on any atom is 0.269 e. The van der Waals surface area contributed by atoms with Crippen LogP contribution in [0.25, 0.3) is 11.4 Å². The molecule has 2 atom stereocenters. The number of benzene rings is 1. The molecule has 2 aromatic heterocycles.